The molecule has 0 aromatic heterocycles. The Labute approximate surface area is 48.9 Å². The molecule has 0 aromatic rings. The van der Waals surface area contributed by atoms with E-state index in [9.17, 15) is 0 Å². The first-order valence-electron chi connectivity index (χ1n) is 1.96. The molecule has 1 rings (SSSR count). The van der Waals surface area contributed by atoms with Crippen LogP contribution in [-0.2, 0) is 0 Å². The van der Waals surface area contributed by atoms with Gasteiger partial charge < -0.3 is 0 Å². The monoisotopic (exact) mass is 183 g/mol. The molecule has 2 heteroatoms. The molecule has 0 bridgehead atoms. The van der Waals surface area contributed by atoms with Crippen molar-refractivity contribution in [2.45, 2.75) is 0 Å². The van der Waals surface area contributed by atoms with Gasteiger partial charge >= 0.3 is 48.7 Å². The van der Waals surface area contributed by atoms with Gasteiger partial charge in [0.2, 0.25) is 0 Å². The van der Waals surface area contributed by atoms with E-state index in [1.165, 1.54) is 0 Å². The van der Waals surface area contributed by atoms with Gasteiger partial charge in [-0.05, 0) is 0 Å². The van der Waals surface area contributed by atoms with Gasteiger partial charge in [0.05, 0.1) is 0 Å². The second-order valence-corrected chi connectivity index (χ2v) is 5.62. The summed E-state index contributed by atoms with van der Waals surface area (Å²) in [5, 5.41) is 0. The quantitative estimate of drug-likeness (QED) is 0.505. The van der Waals surface area contributed by atoms with Crippen molar-refractivity contribution in [3.63, 3.8) is 0 Å². The standard InChI is InChI=1S/C4H6N.In/c1-3-4-5-2;/h1,3-4H,2H3;/q-1;+1. The maximum atomic E-state index is 2.32. The molecule has 0 fully saturated rings. The van der Waals surface area contributed by atoms with Crippen molar-refractivity contribution in [2.24, 2.45) is 0 Å². The summed E-state index contributed by atoms with van der Waals surface area (Å²) in [6.07, 6.45) is 4.28. The van der Waals surface area contributed by atoms with Gasteiger partial charge in [-0.3, -0.25) is 0 Å². The van der Waals surface area contributed by atoms with Crippen LogP contribution in [0.1, 0.15) is 0 Å². The SMILES string of the molecule is C[N]1C=C[CH]=[In]1. The fourth-order valence-corrected chi connectivity index (χ4v) is 2.33. The van der Waals surface area contributed by atoms with E-state index in [1.54, 1.807) is 0 Å². The zero-order valence-electron chi connectivity index (χ0n) is 3.76. The van der Waals surface area contributed by atoms with Crippen LogP contribution in [0.3, 0.4) is 0 Å². The van der Waals surface area contributed by atoms with Crippen LogP contribution in [0.4, 0.5) is 0 Å². The van der Waals surface area contributed by atoms with Crippen molar-refractivity contribution in [3.8, 4) is 0 Å². The summed E-state index contributed by atoms with van der Waals surface area (Å²) < 4.78 is 4.63. The Balaban J connectivity index is 2.60. The van der Waals surface area contributed by atoms with Crippen LogP contribution in [0.25, 0.3) is 0 Å². The summed E-state index contributed by atoms with van der Waals surface area (Å²) in [6.45, 7) is 0. The molecule has 0 atom stereocenters. The minimum atomic E-state index is -0.310. The van der Waals surface area contributed by atoms with E-state index in [2.05, 4.69) is 26.0 Å². The summed E-state index contributed by atoms with van der Waals surface area (Å²) in [7, 11) is 2.14. The van der Waals surface area contributed by atoms with E-state index in [4.69, 9.17) is 0 Å². The third-order valence-electron chi connectivity index (χ3n) is 0.754. The molecule has 0 saturated carbocycles. The normalized spacial score (nSPS) is 15.8. The Morgan fingerprint density at radius 3 is 2.67 bits per heavy atom. The van der Waals surface area contributed by atoms with Crippen molar-refractivity contribution in [1.29, 1.82) is 0 Å². The second-order valence-electron chi connectivity index (χ2n) is 1.35. The first kappa shape index (κ1) is 4.44. The summed E-state index contributed by atoms with van der Waals surface area (Å²) >= 11 is -0.310. The predicted octanol–water partition coefficient (Wildman–Crippen LogP) is -0.133. The molecule has 30 valence electrons. The van der Waals surface area contributed by atoms with Crippen molar-refractivity contribution in [1.82, 2.24) is 2.89 Å². The van der Waals surface area contributed by atoms with Crippen LogP contribution in [-0.4, -0.2) is 36.4 Å². The molecule has 0 unspecified atom stereocenters. The van der Waals surface area contributed by atoms with E-state index in [0.717, 1.165) is 0 Å². The third-order valence-corrected chi connectivity index (χ3v) is 3.71. The van der Waals surface area contributed by atoms with Crippen LogP contribution in [0, 0.1) is 0 Å². The van der Waals surface area contributed by atoms with E-state index in [-0.39, 0.29) is 22.7 Å². The average Bonchev–Trinajstić information content (AvgIpc) is 1.86. The molecule has 0 saturated heterocycles. The zero-order chi connectivity index (χ0) is 4.41. The molecule has 0 spiro atoms. The number of hydrogen-bond acceptors (Lipinski definition) is 1. The molecule has 0 radical (unpaired) electrons. The molecule has 1 aliphatic heterocycles. The predicted molar refractivity (Wildman–Crippen MR) is 28.7 cm³/mol. The average molecular weight is 183 g/mol. The van der Waals surface area contributed by atoms with E-state index in [0.29, 0.717) is 0 Å². The van der Waals surface area contributed by atoms with Gasteiger partial charge in [0.25, 0.3) is 0 Å². The summed E-state index contributed by atoms with van der Waals surface area (Å²) in [5.74, 6) is 0. The number of rotatable bonds is 0. The summed E-state index contributed by atoms with van der Waals surface area (Å²) in [6, 6.07) is 0. The van der Waals surface area contributed by atoms with Gasteiger partial charge in [-0.15, -0.1) is 0 Å². The summed E-state index contributed by atoms with van der Waals surface area (Å²) in [4.78, 5) is 0. The van der Waals surface area contributed by atoms with Crippen LogP contribution >= 0.6 is 0 Å². The van der Waals surface area contributed by atoms with Crippen molar-refractivity contribution in [2.75, 3.05) is 7.05 Å². The molecular formula is C4H6InN. The van der Waals surface area contributed by atoms with Gasteiger partial charge in [-0.25, -0.2) is 0 Å². The molecule has 0 N–H and O–H groups in total. The number of hydrogen-bond donors (Lipinski definition) is 0. The molecule has 0 aromatic carbocycles. The molecule has 0 amide bonds. The Kier molecular flexibility index (Phi) is 1.35. The van der Waals surface area contributed by atoms with Gasteiger partial charge in [0.1, 0.15) is 0 Å². The molecule has 0 aliphatic carbocycles. The third kappa shape index (κ3) is 0.869. The van der Waals surface area contributed by atoms with Gasteiger partial charge in [0, 0.05) is 0 Å². The minimum absolute atomic E-state index is 0.310. The van der Waals surface area contributed by atoms with E-state index >= 15 is 0 Å². The second kappa shape index (κ2) is 1.83. The van der Waals surface area contributed by atoms with Crippen LogP contribution in [0.5, 0.6) is 0 Å². The molecule has 1 heterocycles. The zero-order valence-corrected chi connectivity index (χ0v) is 7.05. The Hall–Kier alpha value is 0.280. The fraction of sp³-hybridized carbons (Fsp3) is 0.250. The van der Waals surface area contributed by atoms with E-state index in [1.807, 2.05) is 0 Å². The van der Waals surface area contributed by atoms with E-state index < -0.39 is 0 Å². The molecule has 6 heavy (non-hydrogen) atoms. The Morgan fingerprint density at radius 2 is 2.50 bits per heavy atom. The van der Waals surface area contributed by atoms with Crippen LogP contribution < -0.4 is 0 Å². The first-order valence-corrected chi connectivity index (χ1v) is 5.34. The molecule has 1 aliphatic rings. The summed E-state index contributed by atoms with van der Waals surface area (Å²) in [5.41, 5.74) is 0. The van der Waals surface area contributed by atoms with Gasteiger partial charge in [0.15, 0.2) is 0 Å². The first-order chi connectivity index (χ1) is 2.89. The Bertz CT molecular complexity index is 83.7. The van der Waals surface area contributed by atoms with Crippen molar-refractivity contribution < 1.29 is 0 Å². The fourth-order valence-electron chi connectivity index (χ4n) is 0.421. The van der Waals surface area contributed by atoms with Crippen molar-refractivity contribution in [3.05, 3.63) is 12.3 Å². The molecule has 1 nitrogen and oxygen atoms in total. The maximum absolute atomic E-state index is 2.32. The number of allylic oxidation sites excluding steroid dienone is 1. The van der Waals surface area contributed by atoms with Crippen LogP contribution in [0.15, 0.2) is 12.3 Å². The van der Waals surface area contributed by atoms with Crippen molar-refractivity contribution >= 4 is 26.5 Å². The topological polar surface area (TPSA) is 3.24 Å². The van der Waals surface area contributed by atoms with Crippen LogP contribution in [0.2, 0.25) is 0 Å². The molecular weight excluding hydrogens is 177 g/mol. The Morgan fingerprint density at radius 1 is 1.67 bits per heavy atom. The number of nitrogens with zero attached hydrogens (tertiary/aromatic N) is 1. The van der Waals surface area contributed by atoms with Gasteiger partial charge in [-0.1, -0.05) is 0 Å². The van der Waals surface area contributed by atoms with Gasteiger partial charge in [-0.2, -0.15) is 0 Å².